The average molecular weight is 342 g/mol. The lowest BCUT2D eigenvalue weighted by molar-refractivity contribution is -0.384. The highest BCUT2D eigenvalue weighted by molar-refractivity contribution is 5.78. The second-order valence-electron chi connectivity index (χ2n) is 6.20. The monoisotopic (exact) mass is 342 g/mol. The Kier molecular flexibility index (Phi) is 6.51. The number of hydrogen-bond acceptors (Lipinski definition) is 4. The first-order valence-electron chi connectivity index (χ1n) is 8.17. The summed E-state index contributed by atoms with van der Waals surface area (Å²) in [5.41, 5.74) is 0.972. The molecule has 0 radical (unpaired) electrons. The van der Waals surface area contributed by atoms with E-state index in [-0.39, 0.29) is 24.2 Å². The van der Waals surface area contributed by atoms with Gasteiger partial charge in [-0.25, -0.2) is 0 Å². The minimum absolute atomic E-state index is 0.0696. The summed E-state index contributed by atoms with van der Waals surface area (Å²) in [4.78, 5) is 22.5. The van der Waals surface area contributed by atoms with Crippen LogP contribution in [-0.2, 0) is 4.79 Å². The predicted octanol–water partition coefficient (Wildman–Crippen LogP) is 3.88. The molecule has 0 unspecified atom stereocenters. The Morgan fingerprint density at radius 2 is 1.88 bits per heavy atom. The van der Waals surface area contributed by atoms with Crippen LogP contribution in [0.4, 0.5) is 5.69 Å². The number of benzene rings is 2. The molecule has 0 spiro atoms. The molecule has 25 heavy (non-hydrogen) atoms. The van der Waals surface area contributed by atoms with Crippen molar-refractivity contribution >= 4 is 11.6 Å². The molecule has 0 aliphatic heterocycles. The van der Waals surface area contributed by atoms with Gasteiger partial charge in [0.15, 0.2) is 6.61 Å². The van der Waals surface area contributed by atoms with E-state index in [2.05, 4.69) is 19.2 Å². The third-order valence-corrected chi connectivity index (χ3v) is 3.64. The number of amides is 1. The summed E-state index contributed by atoms with van der Waals surface area (Å²) in [6.45, 7) is 4.01. The van der Waals surface area contributed by atoms with Gasteiger partial charge in [-0.05, 0) is 24.0 Å². The molecule has 0 aromatic heterocycles. The van der Waals surface area contributed by atoms with Crippen LogP contribution >= 0.6 is 0 Å². The van der Waals surface area contributed by atoms with Crippen molar-refractivity contribution in [3.63, 3.8) is 0 Å². The normalized spacial score (nSPS) is 11.8. The van der Waals surface area contributed by atoms with Crippen molar-refractivity contribution in [1.82, 2.24) is 5.32 Å². The van der Waals surface area contributed by atoms with Crippen LogP contribution in [-0.4, -0.2) is 17.4 Å². The number of carbonyl (C=O) groups is 1. The van der Waals surface area contributed by atoms with Crippen molar-refractivity contribution in [2.24, 2.45) is 5.92 Å². The Bertz CT molecular complexity index is 716. The summed E-state index contributed by atoms with van der Waals surface area (Å²) < 4.78 is 5.38. The van der Waals surface area contributed by atoms with E-state index in [0.717, 1.165) is 12.0 Å². The van der Waals surface area contributed by atoms with Crippen molar-refractivity contribution in [1.29, 1.82) is 0 Å². The topological polar surface area (TPSA) is 81.5 Å². The summed E-state index contributed by atoms with van der Waals surface area (Å²) in [5, 5.41) is 13.7. The summed E-state index contributed by atoms with van der Waals surface area (Å²) >= 11 is 0. The van der Waals surface area contributed by atoms with Crippen LogP contribution in [0.3, 0.4) is 0 Å². The van der Waals surface area contributed by atoms with Gasteiger partial charge in [0, 0.05) is 6.07 Å². The van der Waals surface area contributed by atoms with Gasteiger partial charge in [-0.15, -0.1) is 0 Å². The minimum Gasteiger partial charge on any atom is -0.484 e. The van der Waals surface area contributed by atoms with E-state index in [0.29, 0.717) is 11.7 Å². The summed E-state index contributed by atoms with van der Waals surface area (Å²) in [6.07, 6.45) is 0.812. The number of nitrogens with zero attached hydrogens (tertiary/aromatic N) is 1. The van der Waals surface area contributed by atoms with Gasteiger partial charge in [0.05, 0.1) is 17.0 Å². The maximum Gasteiger partial charge on any atom is 0.273 e. The van der Waals surface area contributed by atoms with E-state index in [1.54, 1.807) is 6.07 Å². The van der Waals surface area contributed by atoms with Gasteiger partial charge < -0.3 is 10.1 Å². The molecule has 6 nitrogen and oxygen atoms in total. The molecular formula is C19H22N2O4. The van der Waals surface area contributed by atoms with E-state index < -0.39 is 4.92 Å². The Labute approximate surface area is 147 Å². The molecule has 0 bridgehead atoms. The van der Waals surface area contributed by atoms with Crippen LogP contribution in [0.15, 0.2) is 54.6 Å². The molecule has 2 rings (SSSR count). The first-order valence-corrected chi connectivity index (χ1v) is 8.17. The first kappa shape index (κ1) is 18.4. The molecule has 0 heterocycles. The van der Waals surface area contributed by atoms with Gasteiger partial charge >= 0.3 is 0 Å². The third kappa shape index (κ3) is 5.91. The Morgan fingerprint density at radius 1 is 1.16 bits per heavy atom. The lowest BCUT2D eigenvalue weighted by Crippen LogP contribution is -2.33. The fourth-order valence-corrected chi connectivity index (χ4v) is 2.51. The van der Waals surface area contributed by atoms with E-state index in [1.807, 2.05) is 30.3 Å². The number of nitro groups is 1. The van der Waals surface area contributed by atoms with E-state index in [1.165, 1.54) is 18.2 Å². The van der Waals surface area contributed by atoms with Gasteiger partial charge in [-0.1, -0.05) is 50.2 Å². The molecule has 0 aliphatic rings. The van der Waals surface area contributed by atoms with Crippen LogP contribution in [0.5, 0.6) is 5.75 Å². The predicted molar refractivity (Wildman–Crippen MR) is 95.4 cm³/mol. The summed E-state index contributed by atoms with van der Waals surface area (Å²) in [7, 11) is 0. The average Bonchev–Trinajstić information content (AvgIpc) is 2.60. The van der Waals surface area contributed by atoms with Crippen LogP contribution in [0, 0.1) is 16.0 Å². The fraction of sp³-hybridized carbons (Fsp3) is 0.316. The maximum absolute atomic E-state index is 12.2. The standard InChI is InChI=1S/C19H22N2O4/c1-14(2)11-18(15-7-4-3-5-8-15)20-19(22)13-25-17-10-6-9-16(12-17)21(23)24/h3-10,12,14,18H,11,13H2,1-2H3,(H,20,22)/t18-/m1/s1. The van der Waals surface area contributed by atoms with Crippen molar-refractivity contribution in [3.8, 4) is 5.75 Å². The summed E-state index contributed by atoms with van der Waals surface area (Å²) in [6, 6.07) is 15.5. The third-order valence-electron chi connectivity index (χ3n) is 3.64. The van der Waals surface area contributed by atoms with Crippen LogP contribution < -0.4 is 10.1 Å². The number of carbonyl (C=O) groups excluding carboxylic acids is 1. The van der Waals surface area contributed by atoms with E-state index >= 15 is 0 Å². The van der Waals surface area contributed by atoms with Crippen molar-refractivity contribution in [2.75, 3.05) is 6.61 Å². The molecule has 1 atom stereocenters. The Morgan fingerprint density at radius 3 is 2.52 bits per heavy atom. The first-order chi connectivity index (χ1) is 12.0. The number of rotatable bonds is 8. The highest BCUT2D eigenvalue weighted by atomic mass is 16.6. The van der Waals surface area contributed by atoms with Gasteiger partial charge in [0.2, 0.25) is 0 Å². The van der Waals surface area contributed by atoms with Crippen LogP contribution in [0.1, 0.15) is 31.9 Å². The lowest BCUT2D eigenvalue weighted by Gasteiger charge is -2.21. The zero-order valence-electron chi connectivity index (χ0n) is 14.3. The fourth-order valence-electron chi connectivity index (χ4n) is 2.51. The Balaban J connectivity index is 1.97. The van der Waals surface area contributed by atoms with Crippen LogP contribution in [0.25, 0.3) is 0 Å². The van der Waals surface area contributed by atoms with Gasteiger partial charge in [0.25, 0.3) is 11.6 Å². The van der Waals surface area contributed by atoms with E-state index in [9.17, 15) is 14.9 Å². The second kappa shape index (κ2) is 8.82. The number of nitrogens with one attached hydrogen (secondary N) is 1. The molecule has 0 aliphatic carbocycles. The van der Waals surface area contributed by atoms with Crippen molar-refractivity contribution < 1.29 is 14.5 Å². The summed E-state index contributed by atoms with van der Waals surface area (Å²) in [5.74, 6) is 0.452. The zero-order chi connectivity index (χ0) is 18.2. The number of ether oxygens (including phenoxy) is 1. The molecule has 2 aromatic carbocycles. The van der Waals surface area contributed by atoms with Gasteiger partial charge in [-0.2, -0.15) is 0 Å². The lowest BCUT2D eigenvalue weighted by atomic mass is 9.97. The quantitative estimate of drug-likeness (QED) is 0.583. The second-order valence-corrected chi connectivity index (χ2v) is 6.20. The molecule has 6 heteroatoms. The molecule has 0 saturated heterocycles. The zero-order valence-corrected chi connectivity index (χ0v) is 14.3. The molecule has 0 fully saturated rings. The largest absolute Gasteiger partial charge is 0.484 e. The van der Waals surface area contributed by atoms with Crippen molar-refractivity contribution in [2.45, 2.75) is 26.3 Å². The van der Waals surface area contributed by atoms with Crippen molar-refractivity contribution in [3.05, 3.63) is 70.3 Å². The number of nitro benzene ring substituents is 1. The molecular weight excluding hydrogens is 320 g/mol. The maximum atomic E-state index is 12.2. The molecule has 0 saturated carbocycles. The number of hydrogen-bond donors (Lipinski definition) is 1. The molecule has 1 amide bonds. The Hall–Kier alpha value is -2.89. The molecule has 1 N–H and O–H groups in total. The smallest absolute Gasteiger partial charge is 0.273 e. The van der Waals surface area contributed by atoms with Gasteiger partial charge in [-0.3, -0.25) is 14.9 Å². The van der Waals surface area contributed by atoms with Gasteiger partial charge in [0.1, 0.15) is 5.75 Å². The SMILES string of the molecule is CC(C)C[C@@H](NC(=O)COc1cccc([N+](=O)[O-])c1)c1ccccc1. The minimum atomic E-state index is -0.499. The highest BCUT2D eigenvalue weighted by Gasteiger charge is 2.16. The number of non-ortho nitro benzene ring substituents is 1. The van der Waals surface area contributed by atoms with Crippen LogP contribution in [0.2, 0.25) is 0 Å². The highest BCUT2D eigenvalue weighted by Crippen LogP contribution is 2.22. The van der Waals surface area contributed by atoms with E-state index in [4.69, 9.17) is 4.74 Å². The molecule has 2 aromatic rings. The molecule has 132 valence electrons.